The van der Waals surface area contributed by atoms with Crippen molar-refractivity contribution in [2.45, 2.75) is 104 Å². The van der Waals surface area contributed by atoms with E-state index in [1.807, 2.05) is 48.7 Å². The highest BCUT2D eigenvalue weighted by atomic mass is 19.1. The number of halogens is 1. The first-order valence-corrected chi connectivity index (χ1v) is 15.2. The fraction of sp³-hybridized carbons (Fsp3) is 0.486. The molecule has 0 fully saturated rings. The van der Waals surface area contributed by atoms with Crippen LogP contribution in [-0.2, 0) is 17.8 Å². The number of carbonyl (C=O) groups excluding carboxylic acids is 1. The van der Waals surface area contributed by atoms with Gasteiger partial charge in [-0.1, -0.05) is 102 Å². The van der Waals surface area contributed by atoms with Gasteiger partial charge in [-0.2, -0.15) is 0 Å². The van der Waals surface area contributed by atoms with Crippen LogP contribution in [0.3, 0.4) is 0 Å². The molecule has 3 aromatic rings. The van der Waals surface area contributed by atoms with E-state index in [9.17, 15) is 9.18 Å². The molecule has 0 unspecified atom stereocenters. The Balaban J connectivity index is 1.40. The molecule has 0 saturated carbocycles. The summed E-state index contributed by atoms with van der Waals surface area (Å²) in [6, 6.07) is 16.9. The summed E-state index contributed by atoms with van der Waals surface area (Å²) < 4.78 is 20.6. The molecule has 216 valence electrons. The number of aromatic nitrogens is 1. The molecular formula is C35H47FN2O2. The zero-order valence-corrected chi connectivity index (χ0v) is 24.5. The van der Waals surface area contributed by atoms with Crippen LogP contribution in [0.4, 0.5) is 10.1 Å². The van der Waals surface area contributed by atoms with E-state index in [4.69, 9.17) is 4.74 Å². The number of carbonyl (C=O) groups is 1. The fourth-order valence-electron chi connectivity index (χ4n) is 5.02. The van der Waals surface area contributed by atoms with Gasteiger partial charge in [-0.05, 0) is 59.9 Å². The van der Waals surface area contributed by atoms with Crippen molar-refractivity contribution in [3.05, 3.63) is 89.5 Å². The van der Waals surface area contributed by atoms with Gasteiger partial charge in [-0.3, -0.25) is 9.78 Å². The number of nitrogens with zero attached hydrogens (tertiary/aromatic N) is 2. The van der Waals surface area contributed by atoms with Gasteiger partial charge in [0.2, 0.25) is 5.91 Å². The molecule has 0 radical (unpaired) electrons. The molecule has 40 heavy (non-hydrogen) atoms. The summed E-state index contributed by atoms with van der Waals surface area (Å²) in [6.07, 6.45) is 19.7. The minimum absolute atomic E-state index is 0.0914. The molecule has 1 heterocycles. The average molecular weight is 547 g/mol. The highest BCUT2D eigenvalue weighted by Gasteiger charge is 2.15. The van der Waals surface area contributed by atoms with Gasteiger partial charge in [0.05, 0.1) is 13.2 Å². The first-order valence-electron chi connectivity index (χ1n) is 15.2. The van der Waals surface area contributed by atoms with Gasteiger partial charge in [0, 0.05) is 25.0 Å². The lowest BCUT2D eigenvalue weighted by molar-refractivity contribution is -0.116. The van der Waals surface area contributed by atoms with Gasteiger partial charge >= 0.3 is 0 Å². The van der Waals surface area contributed by atoms with Crippen molar-refractivity contribution in [3.8, 4) is 5.75 Å². The number of amides is 1. The van der Waals surface area contributed by atoms with E-state index in [1.54, 1.807) is 17.2 Å². The average Bonchev–Trinajstić information content (AvgIpc) is 2.95. The molecule has 2 aromatic carbocycles. The minimum atomic E-state index is -0.384. The molecule has 4 nitrogen and oxygen atoms in total. The quantitative estimate of drug-likeness (QED) is 0.141. The zero-order chi connectivity index (χ0) is 28.4. The molecule has 0 N–H and O–H groups in total. The second kappa shape index (κ2) is 18.2. The van der Waals surface area contributed by atoms with E-state index < -0.39 is 0 Å². The van der Waals surface area contributed by atoms with Crippen LogP contribution in [0.15, 0.2) is 67.0 Å². The van der Waals surface area contributed by atoms with Gasteiger partial charge in [0.15, 0.2) is 11.6 Å². The maximum atomic E-state index is 14.8. The lowest BCUT2D eigenvalue weighted by atomic mass is 10.1. The van der Waals surface area contributed by atoms with Crippen LogP contribution in [0, 0.1) is 5.82 Å². The number of anilines is 1. The first kappa shape index (κ1) is 31.3. The van der Waals surface area contributed by atoms with Gasteiger partial charge in [-0.25, -0.2) is 4.39 Å². The lowest BCUT2D eigenvalue weighted by Crippen LogP contribution is -2.28. The summed E-state index contributed by atoms with van der Waals surface area (Å²) in [5, 5.41) is 0. The molecule has 1 aromatic heterocycles. The van der Waals surface area contributed by atoms with Crippen LogP contribution in [0.5, 0.6) is 5.75 Å². The summed E-state index contributed by atoms with van der Waals surface area (Å²) in [5.41, 5.74) is 3.71. The van der Waals surface area contributed by atoms with Crippen LogP contribution in [0.2, 0.25) is 0 Å². The highest BCUT2D eigenvalue weighted by Crippen LogP contribution is 2.24. The lowest BCUT2D eigenvalue weighted by Gasteiger charge is -2.22. The second-order valence-electron chi connectivity index (χ2n) is 10.8. The molecule has 3 rings (SSSR count). The summed E-state index contributed by atoms with van der Waals surface area (Å²) in [4.78, 5) is 18.4. The number of pyridine rings is 1. The van der Waals surface area contributed by atoms with Crippen molar-refractivity contribution >= 4 is 11.6 Å². The van der Waals surface area contributed by atoms with Crippen molar-refractivity contribution < 1.29 is 13.9 Å². The van der Waals surface area contributed by atoms with E-state index in [0.717, 1.165) is 41.6 Å². The third-order valence-corrected chi connectivity index (χ3v) is 7.33. The Morgan fingerprint density at radius 1 is 0.800 bits per heavy atom. The Bertz CT molecular complexity index is 1140. The Kier molecular flexibility index (Phi) is 14.2. The highest BCUT2D eigenvalue weighted by molar-refractivity contribution is 5.91. The van der Waals surface area contributed by atoms with E-state index in [1.165, 1.54) is 77.2 Å². The second-order valence-corrected chi connectivity index (χ2v) is 10.8. The number of rotatable bonds is 19. The number of hydrogen-bond acceptors (Lipinski definition) is 3. The van der Waals surface area contributed by atoms with E-state index in [-0.39, 0.29) is 17.5 Å². The van der Waals surface area contributed by atoms with Gasteiger partial charge in [0.1, 0.15) is 0 Å². The van der Waals surface area contributed by atoms with E-state index >= 15 is 0 Å². The normalized spacial score (nSPS) is 11.0. The van der Waals surface area contributed by atoms with Gasteiger partial charge < -0.3 is 9.64 Å². The smallest absolute Gasteiger partial charge is 0.224 e. The maximum absolute atomic E-state index is 14.8. The largest absolute Gasteiger partial charge is 0.491 e. The molecule has 0 atom stereocenters. The molecule has 0 spiro atoms. The van der Waals surface area contributed by atoms with E-state index in [0.29, 0.717) is 13.2 Å². The Morgan fingerprint density at radius 2 is 1.48 bits per heavy atom. The van der Waals surface area contributed by atoms with Crippen LogP contribution < -0.4 is 9.64 Å². The topological polar surface area (TPSA) is 42.4 Å². The number of hydrogen-bond donors (Lipinski definition) is 0. The monoisotopic (exact) mass is 546 g/mol. The van der Waals surface area contributed by atoms with Crippen molar-refractivity contribution in [2.24, 2.45) is 0 Å². The number of unbranched alkanes of at least 4 members (excludes halogenated alkanes) is 11. The molecule has 0 aliphatic heterocycles. The van der Waals surface area contributed by atoms with Crippen LogP contribution in [-0.4, -0.2) is 17.5 Å². The summed E-state index contributed by atoms with van der Waals surface area (Å²) in [6.45, 7) is 4.62. The Hall–Kier alpha value is -3.21. The molecule has 5 heteroatoms. The molecule has 0 aliphatic rings. The van der Waals surface area contributed by atoms with Crippen molar-refractivity contribution in [2.75, 3.05) is 11.5 Å². The standard InChI is InChI=1S/C35H47FN2O2/c1-3-4-5-6-7-8-9-10-11-12-13-14-23-40-35-21-20-32(26-34(35)36)28-38(29(2)39)33-19-15-17-30(25-33)24-31-18-16-22-37-27-31/h15-22,25-27H,3-14,23-24,28H2,1-2H3. The Labute approximate surface area is 241 Å². The molecule has 0 bridgehead atoms. The first-order chi connectivity index (χ1) is 19.6. The Morgan fingerprint density at radius 3 is 2.10 bits per heavy atom. The van der Waals surface area contributed by atoms with E-state index in [2.05, 4.69) is 11.9 Å². The van der Waals surface area contributed by atoms with Crippen LogP contribution in [0.25, 0.3) is 0 Å². The van der Waals surface area contributed by atoms with Crippen LogP contribution >= 0.6 is 0 Å². The number of ether oxygens (including phenoxy) is 1. The zero-order valence-electron chi connectivity index (χ0n) is 24.5. The van der Waals surface area contributed by atoms with Crippen LogP contribution in [0.1, 0.15) is 108 Å². The summed E-state index contributed by atoms with van der Waals surface area (Å²) >= 11 is 0. The predicted octanol–water partition coefficient (Wildman–Crippen LogP) is 9.44. The van der Waals surface area contributed by atoms with Gasteiger partial charge in [0.25, 0.3) is 0 Å². The summed E-state index contributed by atoms with van der Waals surface area (Å²) in [7, 11) is 0. The maximum Gasteiger partial charge on any atom is 0.224 e. The minimum Gasteiger partial charge on any atom is -0.491 e. The SMILES string of the molecule is CCCCCCCCCCCCCCOc1ccc(CN(C(C)=O)c2cccc(Cc3cccnc3)c2)cc1F. The molecule has 0 aliphatic carbocycles. The predicted molar refractivity (Wildman–Crippen MR) is 163 cm³/mol. The van der Waals surface area contributed by atoms with Crippen molar-refractivity contribution in [3.63, 3.8) is 0 Å². The fourth-order valence-corrected chi connectivity index (χ4v) is 5.02. The van der Waals surface area contributed by atoms with Crippen molar-refractivity contribution in [1.82, 2.24) is 4.98 Å². The number of benzene rings is 2. The van der Waals surface area contributed by atoms with Gasteiger partial charge in [-0.15, -0.1) is 0 Å². The molecule has 0 saturated heterocycles. The third kappa shape index (κ3) is 11.5. The molecular weight excluding hydrogens is 499 g/mol. The molecule has 1 amide bonds. The van der Waals surface area contributed by atoms with Crippen molar-refractivity contribution in [1.29, 1.82) is 0 Å². The summed E-state index contributed by atoms with van der Waals surface area (Å²) in [5.74, 6) is -0.198. The third-order valence-electron chi connectivity index (χ3n) is 7.33.